The van der Waals surface area contributed by atoms with Crippen molar-refractivity contribution in [1.82, 2.24) is 0 Å². The van der Waals surface area contributed by atoms with Crippen molar-refractivity contribution in [1.29, 1.82) is 0 Å². The zero-order valence-electron chi connectivity index (χ0n) is 17.0. The van der Waals surface area contributed by atoms with Crippen LogP contribution in [0.15, 0.2) is 60.7 Å². The number of thioether (sulfide) groups is 1. The minimum Gasteiger partial charge on any atom is -0.298 e. The van der Waals surface area contributed by atoms with Gasteiger partial charge in [0.25, 0.3) is 0 Å². The number of benzene rings is 3. The van der Waals surface area contributed by atoms with Gasteiger partial charge in [-0.25, -0.2) is 4.39 Å². The zero-order valence-corrected chi connectivity index (χ0v) is 17.9. The molecule has 3 aromatic carbocycles. The molecule has 0 aromatic heterocycles. The average molecular weight is 439 g/mol. The van der Waals surface area contributed by atoms with Gasteiger partial charge in [0.15, 0.2) is 0 Å². The standard InChI is InChI=1S/C26H25FOS.2CH4.H2/c1-5-18-11-12-22-20(13-18)14-19(15-23(22)27)16-25(29-4)24(28)17-26(2,3)21-9-7-6-8-10-21;;;/h1,6-15,25H,16-17H2,2-4H3;2*1H4;1H. The number of terminal acetylenes is 1. The summed E-state index contributed by atoms with van der Waals surface area (Å²) < 4.78 is 14.6. The number of carbonyl (C=O) groups excluding carboxylic acids is 1. The molecule has 3 rings (SSSR count). The van der Waals surface area contributed by atoms with Gasteiger partial charge in [-0.15, -0.1) is 6.42 Å². The van der Waals surface area contributed by atoms with Crippen LogP contribution < -0.4 is 0 Å². The number of halogens is 1. The highest BCUT2D eigenvalue weighted by Gasteiger charge is 2.28. The van der Waals surface area contributed by atoms with Crippen LogP contribution >= 0.6 is 11.8 Å². The lowest BCUT2D eigenvalue weighted by Gasteiger charge is -2.26. The van der Waals surface area contributed by atoms with Crippen molar-refractivity contribution in [3.05, 3.63) is 83.2 Å². The van der Waals surface area contributed by atoms with Crippen molar-refractivity contribution >= 4 is 28.3 Å². The molecule has 3 heteroatoms. The fourth-order valence-corrected chi connectivity index (χ4v) is 4.38. The second kappa shape index (κ2) is 11.2. The first-order valence-electron chi connectivity index (χ1n) is 9.64. The second-order valence-electron chi connectivity index (χ2n) is 7.98. The molecular weight excluding hydrogens is 403 g/mol. The van der Waals surface area contributed by atoms with E-state index >= 15 is 0 Å². The number of hydrogen-bond acceptors (Lipinski definition) is 2. The van der Waals surface area contributed by atoms with Crippen LogP contribution in [0, 0.1) is 18.2 Å². The van der Waals surface area contributed by atoms with Crippen molar-refractivity contribution in [3.63, 3.8) is 0 Å². The molecule has 0 aliphatic carbocycles. The summed E-state index contributed by atoms with van der Waals surface area (Å²) in [5.41, 5.74) is 2.43. The molecule has 0 aliphatic rings. The predicted octanol–water partition coefficient (Wildman–Crippen LogP) is 7.69. The molecule has 0 saturated carbocycles. The molecule has 1 atom stereocenters. The van der Waals surface area contributed by atoms with E-state index in [1.54, 1.807) is 12.1 Å². The van der Waals surface area contributed by atoms with Gasteiger partial charge in [0.1, 0.15) is 11.6 Å². The molecule has 0 spiro atoms. The van der Waals surface area contributed by atoms with E-state index in [4.69, 9.17) is 6.42 Å². The van der Waals surface area contributed by atoms with Gasteiger partial charge in [-0.05, 0) is 52.8 Å². The van der Waals surface area contributed by atoms with Crippen LogP contribution in [0.2, 0.25) is 0 Å². The molecule has 1 nitrogen and oxygen atoms in total. The van der Waals surface area contributed by atoms with Crippen LogP contribution in [-0.2, 0) is 16.6 Å². The van der Waals surface area contributed by atoms with E-state index in [9.17, 15) is 9.18 Å². The molecule has 0 radical (unpaired) electrons. The third-order valence-electron chi connectivity index (χ3n) is 5.36. The Morgan fingerprint density at radius 3 is 2.42 bits per heavy atom. The molecular formula is C28H35FOS. The van der Waals surface area contributed by atoms with E-state index in [2.05, 4.69) is 31.9 Å². The number of carbonyl (C=O) groups is 1. The predicted molar refractivity (Wildman–Crippen MR) is 138 cm³/mol. The molecule has 0 aliphatic heterocycles. The summed E-state index contributed by atoms with van der Waals surface area (Å²) in [5, 5.41) is 1.10. The summed E-state index contributed by atoms with van der Waals surface area (Å²) in [6, 6.07) is 18.8. The molecule has 1 unspecified atom stereocenters. The van der Waals surface area contributed by atoms with Crippen LogP contribution in [0.3, 0.4) is 0 Å². The number of ketones is 1. The van der Waals surface area contributed by atoms with Gasteiger partial charge in [0.2, 0.25) is 0 Å². The highest BCUT2D eigenvalue weighted by atomic mass is 32.2. The Morgan fingerprint density at radius 2 is 1.81 bits per heavy atom. The van der Waals surface area contributed by atoms with Gasteiger partial charge in [-0.2, -0.15) is 11.8 Å². The van der Waals surface area contributed by atoms with Crippen LogP contribution in [-0.4, -0.2) is 17.3 Å². The Labute approximate surface area is 192 Å². The first-order valence-corrected chi connectivity index (χ1v) is 10.9. The van der Waals surface area contributed by atoms with Crippen molar-refractivity contribution < 1.29 is 10.6 Å². The molecule has 0 bridgehead atoms. The first kappa shape index (κ1) is 26.5. The summed E-state index contributed by atoms with van der Waals surface area (Å²) >= 11 is 1.52. The molecule has 0 fully saturated rings. The number of hydrogen-bond donors (Lipinski definition) is 0. The Bertz CT molecular complexity index is 1070. The van der Waals surface area contributed by atoms with Crippen LogP contribution in [0.5, 0.6) is 0 Å². The maximum atomic E-state index is 14.6. The maximum Gasteiger partial charge on any atom is 0.147 e. The zero-order chi connectivity index (χ0) is 21.0. The molecule has 0 heterocycles. The SMILES string of the molecule is C.C.C#Cc1ccc2c(F)cc(CC(SC)C(=O)CC(C)(C)c3ccccc3)cc2c1.[HH]. The number of rotatable bonds is 7. The van der Waals surface area contributed by atoms with Crippen molar-refractivity contribution in [2.45, 2.75) is 52.2 Å². The Kier molecular flexibility index (Phi) is 9.53. The minimum absolute atomic E-state index is 0. The van der Waals surface area contributed by atoms with Crippen molar-refractivity contribution in [2.75, 3.05) is 6.26 Å². The van der Waals surface area contributed by atoms with Crippen LogP contribution in [0.1, 0.15) is 53.2 Å². The van der Waals surface area contributed by atoms with Gasteiger partial charge in [0.05, 0.1) is 5.25 Å². The average Bonchev–Trinajstić information content (AvgIpc) is 2.71. The maximum absolute atomic E-state index is 14.6. The monoisotopic (exact) mass is 438 g/mol. The Morgan fingerprint density at radius 1 is 1.13 bits per heavy atom. The Balaban J connectivity index is 0.00000320. The van der Waals surface area contributed by atoms with Crippen LogP contribution in [0.25, 0.3) is 10.8 Å². The van der Waals surface area contributed by atoms with Gasteiger partial charge in [0, 0.05) is 18.8 Å². The molecule has 31 heavy (non-hydrogen) atoms. The topological polar surface area (TPSA) is 17.1 Å². The minimum atomic E-state index is -0.280. The summed E-state index contributed by atoms with van der Waals surface area (Å²) in [5.74, 6) is 2.49. The fourth-order valence-electron chi connectivity index (χ4n) is 3.67. The van der Waals surface area contributed by atoms with Gasteiger partial charge < -0.3 is 0 Å². The van der Waals surface area contributed by atoms with Crippen molar-refractivity contribution in [3.8, 4) is 12.3 Å². The highest BCUT2D eigenvalue weighted by Crippen LogP contribution is 2.30. The lowest BCUT2D eigenvalue weighted by atomic mass is 9.79. The van der Waals surface area contributed by atoms with Gasteiger partial charge >= 0.3 is 0 Å². The molecule has 166 valence electrons. The fraction of sp³-hybridized carbons (Fsp3) is 0.321. The number of Topliss-reactive ketones (excluding diaryl/α,β-unsaturated/α-hetero) is 1. The van der Waals surface area contributed by atoms with E-state index in [0.29, 0.717) is 18.2 Å². The summed E-state index contributed by atoms with van der Waals surface area (Å²) in [6.45, 7) is 4.18. The van der Waals surface area contributed by atoms with Gasteiger partial charge in [-0.3, -0.25) is 4.79 Å². The summed E-state index contributed by atoms with van der Waals surface area (Å²) in [7, 11) is 0. The van der Waals surface area contributed by atoms with E-state index in [1.165, 1.54) is 17.8 Å². The molecule has 0 amide bonds. The van der Waals surface area contributed by atoms with E-state index < -0.39 is 0 Å². The molecule has 0 saturated heterocycles. The van der Waals surface area contributed by atoms with E-state index in [-0.39, 0.29) is 38.5 Å². The Hall–Kier alpha value is -2.57. The number of fused-ring (bicyclic) bond motifs is 1. The van der Waals surface area contributed by atoms with E-state index in [1.807, 2.05) is 36.6 Å². The lowest BCUT2D eigenvalue weighted by Crippen LogP contribution is -2.28. The first-order chi connectivity index (χ1) is 13.8. The van der Waals surface area contributed by atoms with E-state index in [0.717, 1.165) is 22.1 Å². The summed E-state index contributed by atoms with van der Waals surface area (Å²) in [4.78, 5) is 13.1. The summed E-state index contributed by atoms with van der Waals surface area (Å²) in [6.07, 6.45) is 8.35. The quantitative estimate of drug-likeness (QED) is 0.352. The molecule has 0 N–H and O–H groups in total. The third-order valence-corrected chi connectivity index (χ3v) is 6.36. The third kappa shape index (κ3) is 6.21. The van der Waals surface area contributed by atoms with Gasteiger partial charge in [-0.1, -0.05) is 77.1 Å². The smallest absolute Gasteiger partial charge is 0.147 e. The molecule has 3 aromatic rings. The van der Waals surface area contributed by atoms with Crippen molar-refractivity contribution in [2.24, 2.45) is 0 Å². The lowest BCUT2D eigenvalue weighted by molar-refractivity contribution is -0.119. The second-order valence-corrected chi connectivity index (χ2v) is 9.02. The largest absolute Gasteiger partial charge is 0.298 e. The normalized spacial score (nSPS) is 11.7. The highest BCUT2D eigenvalue weighted by molar-refractivity contribution is 7.99. The van der Waals surface area contributed by atoms with Crippen LogP contribution in [0.4, 0.5) is 4.39 Å².